The smallest absolute Gasteiger partial charge is 0.00723 e. The maximum absolute atomic E-state index is 6.39. The highest BCUT2D eigenvalue weighted by Crippen LogP contribution is 2.41. The van der Waals surface area contributed by atoms with Crippen LogP contribution < -0.4 is 5.73 Å². The normalized spacial score (nSPS) is 30.9. The number of hydrogen-bond acceptors (Lipinski definition) is 1. The minimum absolute atomic E-state index is 0.438. The summed E-state index contributed by atoms with van der Waals surface area (Å²) < 4.78 is 0. The van der Waals surface area contributed by atoms with Crippen LogP contribution >= 0.6 is 0 Å². The standard InChI is InChI=1S/C18H33N/c1-5-15(3)10-8-7-9-11-16-12-13-18(4,6-2)14-17(16)19/h16-17H,1,6-14,19H2,2-4H3. The second-order valence-corrected chi connectivity index (χ2v) is 6.89. The monoisotopic (exact) mass is 263 g/mol. The molecule has 1 rings (SSSR count). The second kappa shape index (κ2) is 7.92. The molecule has 0 spiro atoms. The van der Waals surface area contributed by atoms with E-state index in [0.717, 1.165) is 12.3 Å². The van der Waals surface area contributed by atoms with Crippen LogP contribution in [0.15, 0.2) is 17.9 Å². The first-order chi connectivity index (χ1) is 9.00. The van der Waals surface area contributed by atoms with Gasteiger partial charge in [0.25, 0.3) is 0 Å². The van der Waals surface area contributed by atoms with Crippen molar-refractivity contribution in [3.8, 4) is 0 Å². The number of allylic oxidation sites excluding steroid dienone is 1. The fourth-order valence-corrected chi connectivity index (χ4v) is 3.33. The van der Waals surface area contributed by atoms with Gasteiger partial charge >= 0.3 is 0 Å². The fraction of sp³-hybridized carbons (Fsp3) is 0.833. The van der Waals surface area contributed by atoms with Crippen molar-refractivity contribution in [1.29, 1.82) is 0 Å². The summed E-state index contributed by atoms with van der Waals surface area (Å²) in [6.07, 6.45) is 11.7. The van der Waals surface area contributed by atoms with Gasteiger partial charge in [0.05, 0.1) is 0 Å². The van der Waals surface area contributed by atoms with Crippen LogP contribution in [0.3, 0.4) is 0 Å². The third-order valence-electron chi connectivity index (χ3n) is 5.23. The lowest BCUT2D eigenvalue weighted by atomic mass is 9.67. The van der Waals surface area contributed by atoms with Crippen LogP contribution in [0.2, 0.25) is 0 Å². The molecule has 0 aromatic heterocycles. The Bertz CT molecular complexity index is 314. The SMILES string of the molecule is C=C=C(C)CCCCCC1CCC(C)(CC)CC1N. The van der Waals surface area contributed by atoms with Crippen LogP contribution in [0.5, 0.6) is 0 Å². The predicted molar refractivity (Wildman–Crippen MR) is 85.1 cm³/mol. The van der Waals surface area contributed by atoms with E-state index < -0.39 is 0 Å². The second-order valence-electron chi connectivity index (χ2n) is 6.89. The Hall–Kier alpha value is -0.520. The quantitative estimate of drug-likeness (QED) is 0.495. The third kappa shape index (κ3) is 5.55. The number of rotatable bonds is 7. The highest BCUT2D eigenvalue weighted by molar-refractivity contribution is 4.93. The van der Waals surface area contributed by atoms with Crippen molar-refractivity contribution < 1.29 is 0 Å². The number of hydrogen-bond donors (Lipinski definition) is 1. The molecule has 19 heavy (non-hydrogen) atoms. The highest BCUT2D eigenvalue weighted by atomic mass is 14.7. The van der Waals surface area contributed by atoms with E-state index >= 15 is 0 Å². The summed E-state index contributed by atoms with van der Waals surface area (Å²) in [5.74, 6) is 0.774. The lowest BCUT2D eigenvalue weighted by Gasteiger charge is -2.41. The molecule has 110 valence electrons. The molecule has 1 heteroatoms. The van der Waals surface area contributed by atoms with Gasteiger partial charge in [-0.3, -0.25) is 0 Å². The Morgan fingerprint density at radius 1 is 1.37 bits per heavy atom. The van der Waals surface area contributed by atoms with E-state index in [4.69, 9.17) is 5.73 Å². The molecule has 0 radical (unpaired) electrons. The molecule has 2 N–H and O–H groups in total. The Morgan fingerprint density at radius 3 is 2.68 bits per heavy atom. The van der Waals surface area contributed by atoms with E-state index in [2.05, 4.69) is 33.1 Å². The average molecular weight is 263 g/mol. The average Bonchev–Trinajstić information content (AvgIpc) is 2.40. The molecule has 1 saturated carbocycles. The van der Waals surface area contributed by atoms with Crippen molar-refractivity contribution in [2.75, 3.05) is 0 Å². The van der Waals surface area contributed by atoms with E-state index in [9.17, 15) is 0 Å². The van der Waals surface area contributed by atoms with Crippen LogP contribution in [0.4, 0.5) is 0 Å². The molecule has 0 amide bonds. The van der Waals surface area contributed by atoms with Crippen molar-refractivity contribution in [2.24, 2.45) is 17.1 Å². The molecule has 0 aromatic carbocycles. The maximum Gasteiger partial charge on any atom is 0.00723 e. The van der Waals surface area contributed by atoms with Gasteiger partial charge in [-0.2, -0.15) is 0 Å². The van der Waals surface area contributed by atoms with Gasteiger partial charge in [0.1, 0.15) is 0 Å². The fourth-order valence-electron chi connectivity index (χ4n) is 3.33. The Kier molecular flexibility index (Phi) is 6.89. The van der Waals surface area contributed by atoms with Crippen LogP contribution in [-0.4, -0.2) is 6.04 Å². The first-order valence-electron chi connectivity index (χ1n) is 8.12. The molecule has 0 heterocycles. The van der Waals surface area contributed by atoms with Crippen molar-refractivity contribution in [3.63, 3.8) is 0 Å². The Balaban J connectivity index is 2.19. The minimum Gasteiger partial charge on any atom is -0.327 e. The van der Waals surface area contributed by atoms with Gasteiger partial charge < -0.3 is 5.73 Å². The Morgan fingerprint density at radius 2 is 2.11 bits per heavy atom. The number of nitrogens with two attached hydrogens (primary N) is 1. The molecule has 0 aromatic rings. The molecule has 3 unspecified atom stereocenters. The maximum atomic E-state index is 6.39. The lowest BCUT2D eigenvalue weighted by Crippen LogP contribution is -2.40. The van der Waals surface area contributed by atoms with Crippen LogP contribution in [0.25, 0.3) is 0 Å². The van der Waals surface area contributed by atoms with E-state index in [1.807, 2.05) is 0 Å². The third-order valence-corrected chi connectivity index (χ3v) is 5.23. The van der Waals surface area contributed by atoms with E-state index in [-0.39, 0.29) is 0 Å². The molecule has 1 nitrogen and oxygen atoms in total. The molecule has 1 aliphatic rings. The zero-order valence-corrected chi connectivity index (χ0v) is 13.3. The molecular weight excluding hydrogens is 230 g/mol. The van der Waals surface area contributed by atoms with Gasteiger partial charge in [0, 0.05) is 6.04 Å². The van der Waals surface area contributed by atoms with E-state index in [1.54, 1.807) is 0 Å². The zero-order valence-electron chi connectivity index (χ0n) is 13.3. The topological polar surface area (TPSA) is 26.0 Å². The zero-order chi connectivity index (χ0) is 14.3. The van der Waals surface area contributed by atoms with Crippen molar-refractivity contribution in [2.45, 2.75) is 84.6 Å². The van der Waals surface area contributed by atoms with Crippen molar-refractivity contribution in [3.05, 3.63) is 17.9 Å². The largest absolute Gasteiger partial charge is 0.327 e. The molecule has 0 saturated heterocycles. The summed E-state index contributed by atoms with van der Waals surface area (Å²) in [6.45, 7) is 10.5. The summed E-state index contributed by atoms with van der Waals surface area (Å²) in [5, 5.41) is 0. The van der Waals surface area contributed by atoms with Crippen LogP contribution in [0, 0.1) is 11.3 Å². The van der Waals surface area contributed by atoms with Gasteiger partial charge in [-0.1, -0.05) is 39.7 Å². The van der Waals surface area contributed by atoms with Crippen molar-refractivity contribution >= 4 is 0 Å². The highest BCUT2D eigenvalue weighted by Gasteiger charge is 2.34. The van der Waals surface area contributed by atoms with E-state index in [1.165, 1.54) is 56.9 Å². The summed E-state index contributed by atoms with van der Waals surface area (Å²) in [4.78, 5) is 0. The first kappa shape index (κ1) is 16.5. The molecule has 0 bridgehead atoms. The summed E-state index contributed by atoms with van der Waals surface area (Å²) in [6, 6.07) is 0.438. The van der Waals surface area contributed by atoms with Gasteiger partial charge in [0.2, 0.25) is 0 Å². The molecule has 1 aliphatic carbocycles. The van der Waals surface area contributed by atoms with Crippen molar-refractivity contribution in [1.82, 2.24) is 0 Å². The van der Waals surface area contributed by atoms with Crippen LogP contribution in [0.1, 0.15) is 78.6 Å². The van der Waals surface area contributed by atoms with Gasteiger partial charge in [-0.25, -0.2) is 0 Å². The summed E-state index contributed by atoms with van der Waals surface area (Å²) >= 11 is 0. The van der Waals surface area contributed by atoms with Crippen LogP contribution in [-0.2, 0) is 0 Å². The molecule has 1 fully saturated rings. The summed E-state index contributed by atoms with van der Waals surface area (Å²) in [7, 11) is 0. The molecule has 3 atom stereocenters. The van der Waals surface area contributed by atoms with Gasteiger partial charge in [0.15, 0.2) is 0 Å². The van der Waals surface area contributed by atoms with Gasteiger partial charge in [-0.05, 0) is 62.4 Å². The summed E-state index contributed by atoms with van der Waals surface area (Å²) in [5.41, 5.74) is 11.2. The van der Waals surface area contributed by atoms with E-state index in [0.29, 0.717) is 11.5 Å². The molecule has 0 aliphatic heterocycles. The minimum atomic E-state index is 0.438. The first-order valence-corrected chi connectivity index (χ1v) is 8.12. The Labute approximate surface area is 120 Å². The van der Waals surface area contributed by atoms with Gasteiger partial charge in [-0.15, -0.1) is 5.73 Å². The predicted octanol–water partition coefficient (Wildman–Crippen LogP) is 5.21. The number of unbranched alkanes of at least 4 members (excludes halogenated alkanes) is 2. The lowest BCUT2D eigenvalue weighted by molar-refractivity contribution is 0.133. The molecular formula is C18H33N.